The highest BCUT2D eigenvalue weighted by Crippen LogP contribution is 2.14. The minimum Gasteiger partial charge on any atom is -0.311 e. The van der Waals surface area contributed by atoms with Gasteiger partial charge in [-0.15, -0.1) is 0 Å². The fraction of sp³-hybridized carbons (Fsp3) is 0.667. The molecule has 0 saturated carbocycles. The molecule has 0 unspecified atom stereocenters. The van der Waals surface area contributed by atoms with Gasteiger partial charge >= 0.3 is 0 Å². The van der Waals surface area contributed by atoms with Gasteiger partial charge in [-0.3, -0.25) is 9.97 Å². The van der Waals surface area contributed by atoms with Crippen LogP contribution in [-0.2, 0) is 6.54 Å². The van der Waals surface area contributed by atoms with Crippen molar-refractivity contribution in [3.05, 3.63) is 24.3 Å². The summed E-state index contributed by atoms with van der Waals surface area (Å²) in [4.78, 5) is 10.7. The third kappa shape index (κ3) is 3.54. The van der Waals surface area contributed by atoms with Crippen LogP contribution in [0.15, 0.2) is 18.6 Å². The van der Waals surface area contributed by atoms with Crippen LogP contribution in [0.4, 0.5) is 0 Å². The molecule has 2 rings (SSSR count). The molecule has 2 heterocycles. The lowest BCUT2D eigenvalue weighted by molar-refractivity contribution is 0.216. The van der Waals surface area contributed by atoms with Crippen LogP contribution in [-0.4, -0.2) is 41.5 Å². The van der Waals surface area contributed by atoms with Crippen LogP contribution >= 0.6 is 0 Å². The molecule has 1 N–H and O–H groups in total. The molecule has 0 aliphatic carbocycles. The molecule has 0 atom stereocenters. The largest absolute Gasteiger partial charge is 0.311 e. The van der Waals surface area contributed by atoms with Crippen molar-refractivity contribution < 1.29 is 0 Å². The van der Waals surface area contributed by atoms with Gasteiger partial charge in [0.25, 0.3) is 0 Å². The molecule has 4 heteroatoms. The Bertz CT molecular complexity index is 293. The monoisotopic (exact) mass is 220 g/mol. The van der Waals surface area contributed by atoms with Gasteiger partial charge in [-0.05, 0) is 45.4 Å². The molecule has 1 aliphatic rings. The van der Waals surface area contributed by atoms with Gasteiger partial charge in [0.05, 0.1) is 5.69 Å². The Morgan fingerprint density at radius 3 is 2.88 bits per heavy atom. The Labute approximate surface area is 97.1 Å². The Morgan fingerprint density at radius 1 is 1.38 bits per heavy atom. The molecule has 0 aromatic carbocycles. The van der Waals surface area contributed by atoms with E-state index >= 15 is 0 Å². The predicted molar refractivity (Wildman–Crippen MR) is 64.0 cm³/mol. The molecule has 0 radical (unpaired) electrons. The fourth-order valence-electron chi connectivity index (χ4n) is 2.09. The summed E-state index contributed by atoms with van der Waals surface area (Å²) in [5, 5.41) is 3.47. The SMILES string of the molecule is CN1CCC(CNCc2cnccn2)CC1. The van der Waals surface area contributed by atoms with Crippen molar-refractivity contribution in [2.45, 2.75) is 19.4 Å². The summed E-state index contributed by atoms with van der Waals surface area (Å²) < 4.78 is 0. The number of hydrogen-bond acceptors (Lipinski definition) is 4. The Hall–Kier alpha value is -1.00. The van der Waals surface area contributed by atoms with E-state index in [2.05, 4.69) is 27.2 Å². The van der Waals surface area contributed by atoms with Crippen molar-refractivity contribution in [3.63, 3.8) is 0 Å². The van der Waals surface area contributed by atoms with Gasteiger partial charge < -0.3 is 10.2 Å². The lowest BCUT2D eigenvalue weighted by Gasteiger charge is -2.28. The van der Waals surface area contributed by atoms with Crippen molar-refractivity contribution in [2.24, 2.45) is 5.92 Å². The molecule has 0 bridgehead atoms. The van der Waals surface area contributed by atoms with Crippen molar-refractivity contribution in [1.82, 2.24) is 20.2 Å². The van der Waals surface area contributed by atoms with Gasteiger partial charge in [-0.1, -0.05) is 0 Å². The number of nitrogens with zero attached hydrogens (tertiary/aromatic N) is 3. The molecule has 1 saturated heterocycles. The van der Waals surface area contributed by atoms with Crippen molar-refractivity contribution in [2.75, 3.05) is 26.7 Å². The lowest BCUT2D eigenvalue weighted by Crippen LogP contribution is -2.34. The molecule has 1 aromatic heterocycles. The van der Waals surface area contributed by atoms with E-state index in [1.807, 2.05) is 6.20 Å². The summed E-state index contributed by atoms with van der Waals surface area (Å²) in [5.41, 5.74) is 1.02. The smallest absolute Gasteiger partial charge is 0.0724 e. The van der Waals surface area contributed by atoms with Gasteiger partial charge in [0.15, 0.2) is 0 Å². The Kier molecular flexibility index (Phi) is 4.25. The van der Waals surface area contributed by atoms with Crippen LogP contribution < -0.4 is 5.32 Å². The van der Waals surface area contributed by atoms with Gasteiger partial charge in [0.1, 0.15) is 0 Å². The van der Waals surface area contributed by atoms with Crippen LogP contribution in [0.1, 0.15) is 18.5 Å². The predicted octanol–water partition coefficient (Wildman–Crippen LogP) is 0.908. The third-order valence-electron chi connectivity index (χ3n) is 3.19. The van der Waals surface area contributed by atoms with E-state index in [4.69, 9.17) is 0 Å². The minimum atomic E-state index is 0.827. The van der Waals surface area contributed by atoms with Crippen molar-refractivity contribution in [1.29, 1.82) is 0 Å². The summed E-state index contributed by atoms with van der Waals surface area (Å²) >= 11 is 0. The zero-order chi connectivity index (χ0) is 11.2. The van der Waals surface area contributed by atoms with Crippen LogP contribution in [0.5, 0.6) is 0 Å². The Balaban J connectivity index is 1.65. The number of hydrogen-bond donors (Lipinski definition) is 1. The molecule has 4 nitrogen and oxygen atoms in total. The number of aromatic nitrogens is 2. The summed E-state index contributed by atoms with van der Waals surface area (Å²) in [6.45, 7) is 4.40. The average molecular weight is 220 g/mol. The van der Waals surface area contributed by atoms with E-state index in [9.17, 15) is 0 Å². The number of nitrogens with one attached hydrogen (secondary N) is 1. The van der Waals surface area contributed by atoms with Crippen LogP contribution in [0, 0.1) is 5.92 Å². The Morgan fingerprint density at radius 2 is 2.19 bits per heavy atom. The molecule has 1 aromatic rings. The van der Waals surface area contributed by atoms with Gasteiger partial charge in [-0.25, -0.2) is 0 Å². The van der Waals surface area contributed by atoms with E-state index in [0.717, 1.165) is 24.7 Å². The van der Waals surface area contributed by atoms with E-state index in [-0.39, 0.29) is 0 Å². The first-order chi connectivity index (χ1) is 7.84. The molecule has 0 amide bonds. The minimum absolute atomic E-state index is 0.827. The molecule has 88 valence electrons. The molecular weight excluding hydrogens is 200 g/mol. The summed E-state index contributed by atoms with van der Waals surface area (Å²) in [7, 11) is 2.20. The average Bonchev–Trinajstić information content (AvgIpc) is 2.33. The molecule has 1 aliphatic heterocycles. The maximum atomic E-state index is 4.24. The highest BCUT2D eigenvalue weighted by Gasteiger charge is 2.15. The maximum absolute atomic E-state index is 4.24. The van der Waals surface area contributed by atoms with Gasteiger partial charge in [0.2, 0.25) is 0 Å². The second-order valence-electron chi connectivity index (χ2n) is 4.57. The van der Waals surface area contributed by atoms with Gasteiger partial charge in [0, 0.05) is 25.1 Å². The molecular formula is C12H20N4. The van der Waals surface area contributed by atoms with E-state index in [0.29, 0.717) is 0 Å². The molecule has 1 fully saturated rings. The van der Waals surface area contributed by atoms with Crippen molar-refractivity contribution in [3.8, 4) is 0 Å². The van der Waals surface area contributed by atoms with E-state index in [1.54, 1.807) is 12.4 Å². The van der Waals surface area contributed by atoms with Crippen molar-refractivity contribution >= 4 is 0 Å². The number of likely N-dealkylation sites (tertiary alicyclic amines) is 1. The fourth-order valence-corrected chi connectivity index (χ4v) is 2.09. The summed E-state index contributed by atoms with van der Waals surface area (Å²) in [6, 6.07) is 0. The third-order valence-corrected chi connectivity index (χ3v) is 3.19. The second kappa shape index (κ2) is 5.92. The van der Waals surface area contributed by atoms with Crippen LogP contribution in [0.2, 0.25) is 0 Å². The highest BCUT2D eigenvalue weighted by atomic mass is 15.1. The molecule has 16 heavy (non-hydrogen) atoms. The summed E-state index contributed by atoms with van der Waals surface area (Å²) in [6.07, 6.45) is 7.89. The van der Waals surface area contributed by atoms with Gasteiger partial charge in [-0.2, -0.15) is 0 Å². The normalized spacial score (nSPS) is 18.8. The second-order valence-corrected chi connectivity index (χ2v) is 4.57. The zero-order valence-corrected chi connectivity index (χ0v) is 9.89. The number of rotatable bonds is 4. The first-order valence-corrected chi connectivity index (χ1v) is 5.99. The van der Waals surface area contributed by atoms with Crippen LogP contribution in [0.25, 0.3) is 0 Å². The van der Waals surface area contributed by atoms with Crippen LogP contribution in [0.3, 0.4) is 0 Å². The quantitative estimate of drug-likeness (QED) is 0.819. The standard InChI is InChI=1S/C12H20N4/c1-16-6-2-11(3-7-16)8-14-10-12-9-13-4-5-15-12/h4-5,9,11,14H,2-3,6-8,10H2,1H3. The van der Waals surface area contributed by atoms with E-state index < -0.39 is 0 Å². The number of piperidine rings is 1. The first kappa shape index (κ1) is 11.5. The highest BCUT2D eigenvalue weighted by molar-refractivity contribution is 4.93. The zero-order valence-electron chi connectivity index (χ0n) is 9.89. The topological polar surface area (TPSA) is 41.0 Å². The summed E-state index contributed by atoms with van der Waals surface area (Å²) in [5.74, 6) is 0.827. The van der Waals surface area contributed by atoms with E-state index in [1.165, 1.54) is 25.9 Å². The molecule has 0 spiro atoms. The lowest BCUT2D eigenvalue weighted by atomic mass is 9.97. The first-order valence-electron chi connectivity index (χ1n) is 5.99. The maximum Gasteiger partial charge on any atom is 0.0724 e.